The Labute approximate surface area is 210 Å². The molecule has 1 N–H and O–H groups in total. The molecule has 6 nitrogen and oxygen atoms in total. The molecular weight excluding hydrogens is 487 g/mol. The van der Waals surface area contributed by atoms with Crippen LogP contribution in [0, 0.1) is 5.82 Å². The Bertz CT molecular complexity index is 1450. The Morgan fingerprint density at radius 3 is 2.51 bits per heavy atom. The van der Waals surface area contributed by atoms with Gasteiger partial charge in [0, 0.05) is 16.2 Å². The molecule has 1 aromatic heterocycles. The van der Waals surface area contributed by atoms with Gasteiger partial charge in [0.05, 0.1) is 12.8 Å². The highest BCUT2D eigenvalue weighted by Gasteiger charge is 2.41. The number of nitrogens with zero attached hydrogens (tertiary/aromatic N) is 3. The number of rotatable bonds is 4. The lowest BCUT2D eigenvalue weighted by atomic mass is 9.84. The molecular formula is C26H20ClFN4O2S. The summed E-state index contributed by atoms with van der Waals surface area (Å²) in [6.07, 6.45) is 1.45. The summed E-state index contributed by atoms with van der Waals surface area (Å²) in [7, 11) is 1.64. The first kappa shape index (κ1) is 22.0. The molecule has 0 saturated heterocycles. The number of thioether (sulfide) groups is 1. The Hall–Kier alpha value is -3.49. The monoisotopic (exact) mass is 506 g/mol. The van der Waals surface area contributed by atoms with Crippen LogP contribution in [0.5, 0.6) is 11.5 Å². The van der Waals surface area contributed by atoms with Gasteiger partial charge in [-0.1, -0.05) is 47.6 Å². The van der Waals surface area contributed by atoms with Gasteiger partial charge >= 0.3 is 0 Å². The number of hydrogen-bond donors (Lipinski definition) is 1. The van der Waals surface area contributed by atoms with Crippen molar-refractivity contribution in [3.63, 3.8) is 0 Å². The molecule has 0 saturated carbocycles. The zero-order chi connectivity index (χ0) is 24.1. The molecule has 0 fully saturated rings. The summed E-state index contributed by atoms with van der Waals surface area (Å²) in [6, 6.07) is 19.5. The first-order chi connectivity index (χ1) is 17.1. The second-order valence-electron chi connectivity index (χ2n) is 8.19. The molecule has 176 valence electrons. The van der Waals surface area contributed by atoms with E-state index in [1.807, 2.05) is 47.3 Å². The largest absolute Gasteiger partial charge is 0.497 e. The molecule has 0 radical (unpaired) electrons. The second-order valence-corrected chi connectivity index (χ2v) is 9.40. The minimum atomic E-state index is -0.492. The topological polar surface area (TPSA) is 61.2 Å². The number of aromatic nitrogens is 3. The van der Waals surface area contributed by atoms with Crippen molar-refractivity contribution in [2.24, 2.45) is 0 Å². The number of ether oxygens (including phenoxy) is 2. The number of benzene rings is 3. The SMILES string of the molecule is COc1ccc([C@H]2C3=C(Nc4nc(SC)nn42)c2cc(Cl)ccc2O[C@@H]3c2ccc(F)cc2)cc1. The molecule has 0 spiro atoms. The fraction of sp³-hybridized carbons (Fsp3) is 0.154. The Morgan fingerprint density at radius 2 is 1.80 bits per heavy atom. The summed E-state index contributed by atoms with van der Waals surface area (Å²) in [6.45, 7) is 0. The highest BCUT2D eigenvalue weighted by atomic mass is 35.5. The van der Waals surface area contributed by atoms with Crippen LogP contribution < -0.4 is 14.8 Å². The van der Waals surface area contributed by atoms with Crippen LogP contribution >= 0.6 is 23.4 Å². The molecule has 3 aromatic carbocycles. The van der Waals surface area contributed by atoms with Crippen LogP contribution in [-0.4, -0.2) is 28.1 Å². The third-order valence-corrected chi connectivity index (χ3v) is 6.97. The van der Waals surface area contributed by atoms with Crippen LogP contribution in [0.1, 0.15) is 28.8 Å². The summed E-state index contributed by atoms with van der Waals surface area (Å²) in [5.41, 5.74) is 4.44. The van der Waals surface area contributed by atoms with Crippen molar-refractivity contribution in [2.75, 3.05) is 18.7 Å². The van der Waals surface area contributed by atoms with Crippen molar-refractivity contribution in [1.29, 1.82) is 0 Å². The number of methoxy groups -OCH3 is 1. The molecule has 3 heterocycles. The van der Waals surface area contributed by atoms with E-state index in [0.717, 1.165) is 33.7 Å². The fourth-order valence-electron chi connectivity index (χ4n) is 4.59. The minimum Gasteiger partial charge on any atom is -0.497 e. The zero-order valence-corrected chi connectivity index (χ0v) is 20.4. The first-order valence-corrected chi connectivity index (χ1v) is 12.5. The van der Waals surface area contributed by atoms with E-state index in [9.17, 15) is 4.39 Å². The van der Waals surface area contributed by atoms with Gasteiger partial charge in [0.25, 0.3) is 0 Å². The third kappa shape index (κ3) is 3.73. The molecule has 2 aliphatic heterocycles. The lowest BCUT2D eigenvalue weighted by Crippen LogP contribution is -2.32. The standard InChI is InChI=1S/C26H20ClFN4O2S/c1-33-18-10-5-14(6-11-18)23-21-22(29-25-30-26(35-2)31-32(23)25)19-13-16(27)7-12-20(19)34-24(21)15-3-8-17(28)9-4-15/h3-13,23-24H,1-2H3,(H,29,30,31)/t23-,24+/m0/s1. The van der Waals surface area contributed by atoms with Gasteiger partial charge in [0.2, 0.25) is 11.1 Å². The quantitative estimate of drug-likeness (QED) is 0.325. The predicted molar refractivity (Wildman–Crippen MR) is 135 cm³/mol. The van der Waals surface area contributed by atoms with Crippen molar-refractivity contribution in [2.45, 2.75) is 17.3 Å². The Balaban J connectivity index is 1.62. The van der Waals surface area contributed by atoms with Crippen LogP contribution in [0.3, 0.4) is 0 Å². The third-order valence-electron chi connectivity index (χ3n) is 6.20. The maximum atomic E-state index is 13.8. The maximum absolute atomic E-state index is 13.8. The molecule has 0 amide bonds. The van der Waals surface area contributed by atoms with Gasteiger partial charge < -0.3 is 14.8 Å². The van der Waals surface area contributed by atoms with E-state index < -0.39 is 6.10 Å². The summed E-state index contributed by atoms with van der Waals surface area (Å²) in [5.74, 6) is 1.76. The summed E-state index contributed by atoms with van der Waals surface area (Å²) < 4.78 is 27.6. The van der Waals surface area contributed by atoms with Crippen molar-refractivity contribution < 1.29 is 13.9 Å². The Kier molecular flexibility index (Phi) is 5.42. The lowest BCUT2D eigenvalue weighted by molar-refractivity contribution is 0.222. The molecule has 4 aromatic rings. The fourth-order valence-corrected chi connectivity index (χ4v) is 5.11. The second kappa shape index (κ2) is 8.62. The molecule has 0 unspecified atom stereocenters. The number of anilines is 1. The zero-order valence-electron chi connectivity index (χ0n) is 18.8. The van der Waals surface area contributed by atoms with E-state index in [2.05, 4.69) is 5.32 Å². The number of fused-ring (bicyclic) bond motifs is 3. The summed E-state index contributed by atoms with van der Waals surface area (Å²) in [4.78, 5) is 4.70. The highest BCUT2D eigenvalue weighted by molar-refractivity contribution is 7.98. The van der Waals surface area contributed by atoms with Crippen molar-refractivity contribution >= 4 is 35.0 Å². The van der Waals surface area contributed by atoms with Gasteiger partial charge in [0.1, 0.15) is 29.5 Å². The summed E-state index contributed by atoms with van der Waals surface area (Å²) >= 11 is 7.86. The van der Waals surface area contributed by atoms with Crippen LogP contribution in [-0.2, 0) is 0 Å². The molecule has 2 atom stereocenters. The molecule has 0 bridgehead atoms. The molecule has 0 aliphatic carbocycles. The van der Waals surface area contributed by atoms with Gasteiger partial charge in [-0.2, -0.15) is 4.98 Å². The Morgan fingerprint density at radius 1 is 1.06 bits per heavy atom. The predicted octanol–water partition coefficient (Wildman–Crippen LogP) is 6.36. The van der Waals surface area contributed by atoms with Crippen LogP contribution in [0.25, 0.3) is 5.70 Å². The van der Waals surface area contributed by atoms with Gasteiger partial charge in [0.15, 0.2) is 0 Å². The van der Waals surface area contributed by atoms with Crippen LogP contribution in [0.4, 0.5) is 10.3 Å². The molecule has 35 heavy (non-hydrogen) atoms. The van der Waals surface area contributed by atoms with Gasteiger partial charge in [-0.3, -0.25) is 0 Å². The van der Waals surface area contributed by atoms with E-state index in [1.165, 1.54) is 23.9 Å². The molecule has 9 heteroatoms. The van der Waals surface area contributed by atoms with Gasteiger partial charge in [-0.15, -0.1) is 5.10 Å². The van der Waals surface area contributed by atoms with E-state index in [1.54, 1.807) is 25.3 Å². The molecule has 6 rings (SSSR count). The van der Waals surface area contributed by atoms with E-state index in [0.29, 0.717) is 21.9 Å². The van der Waals surface area contributed by atoms with Crippen molar-refractivity contribution in [3.05, 3.63) is 99.8 Å². The number of halogens is 2. The van der Waals surface area contributed by atoms with Crippen molar-refractivity contribution in [3.8, 4) is 11.5 Å². The first-order valence-electron chi connectivity index (χ1n) is 10.9. The number of hydrogen-bond acceptors (Lipinski definition) is 6. The minimum absolute atomic E-state index is 0.303. The lowest BCUT2D eigenvalue weighted by Gasteiger charge is -2.39. The van der Waals surface area contributed by atoms with Crippen LogP contribution in [0.2, 0.25) is 5.02 Å². The smallest absolute Gasteiger partial charge is 0.227 e. The highest BCUT2D eigenvalue weighted by Crippen LogP contribution is 2.51. The average molecular weight is 507 g/mol. The normalized spacial score (nSPS) is 18.2. The van der Waals surface area contributed by atoms with E-state index >= 15 is 0 Å². The average Bonchev–Trinajstić information content (AvgIpc) is 3.31. The summed E-state index contributed by atoms with van der Waals surface area (Å²) in [5, 5.41) is 9.51. The van der Waals surface area contributed by atoms with Crippen LogP contribution in [0.15, 0.2) is 77.5 Å². The molecule has 2 aliphatic rings. The van der Waals surface area contributed by atoms with Crippen molar-refractivity contribution in [1.82, 2.24) is 14.8 Å². The van der Waals surface area contributed by atoms with E-state index in [-0.39, 0.29) is 11.9 Å². The van der Waals surface area contributed by atoms with E-state index in [4.69, 9.17) is 31.2 Å². The number of nitrogens with one attached hydrogen (secondary N) is 1. The van der Waals surface area contributed by atoms with Gasteiger partial charge in [-0.25, -0.2) is 9.07 Å². The maximum Gasteiger partial charge on any atom is 0.227 e. The van der Waals surface area contributed by atoms with Gasteiger partial charge in [-0.05, 0) is 59.8 Å².